The van der Waals surface area contributed by atoms with Crippen molar-refractivity contribution in [3.05, 3.63) is 90.5 Å². The summed E-state index contributed by atoms with van der Waals surface area (Å²) in [5.41, 5.74) is 2.98. The lowest BCUT2D eigenvalue weighted by Gasteiger charge is -2.18. The summed E-state index contributed by atoms with van der Waals surface area (Å²) < 4.78 is 5.82. The SMILES string of the molecule is CN(CC(=O)Nc1cccc(OCCc2ccccc2)c1)c1ccccc1. The van der Waals surface area contributed by atoms with Crippen molar-refractivity contribution in [2.45, 2.75) is 6.42 Å². The van der Waals surface area contributed by atoms with E-state index >= 15 is 0 Å². The molecule has 0 saturated heterocycles. The maximum Gasteiger partial charge on any atom is 0.243 e. The maximum atomic E-state index is 12.3. The molecular formula is C23H24N2O2. The van der Waals surface area contributed by atoms with Gasteiger partial charge in [0, 0.05) is 30.9 Å². The number of hydrogen-bond acceptors (Lipinski definition) is 3. The van der Waals surface area contributed by atoms with E-state index in [2.05, 4.69) is 17.4 Å². The predicted molar refractivity (Wildman–Crippen MR) is 110 cm³/mol. The standard InChI is InChI=1S/C23H24N2O2/c1-25(21-12-6-3-7-13-21)18-23(26)24-20-11-8-14-22(17-20)27-16-15-19-9-4-2-5-10-19/h2-14,17H,15-16,18H2,1H3,(H,24,26). The number of amides is 1. The van der Waals surface area contributed by atoms with E-state index in [1.54, 1.807) is 0 Å². The first kappa shape index (κ1) is 18.5. The summed E-state index contributed by atoms with van der Waals surface area (Å²) in [5, 5.41) is 2.93. The second kappa shape index (κ2) is 9.43. The molecule has 0 radical (unpaired) electrons. The second-order valence-corrected chi connectivity index (χ2v) is 6.35. The van der Waals surface area contributed by atoms with Gasteiger partial charge < -0.3 is 15.0 Å². The summed E-state index contributed by atoms with van der Waals surface area (Å²) in [7, 11) is 1.90. The van der Waals surface area contributed by atoms with Gasteiger partial charge in [-0.3, -0.25) is 4.79 Å². The number of hydrogen-bond donors (Lipinski definition) is 1. The minimum Gasteiger partial charge on any atom is -0.493 e. The summed E-state index contributed by atoms with van der Waals surface area (Å²) in [6.07, 6.45) is 0.847. The second-order valence-electron chi connectivity index (χ2n) is 6.35. The summed E-state index contributed by atoms with van der Waals surface area (Å²) in [6.45, 7) is 0.876. The molecule has 4 nitrogen and oxygen atoms in total. The number of nitrogens with one attached hydrogen (secondary N) is 1. The van der Waals surface area contributed by atoms with Crippen LogP contribution in [0, 0.1) is 0 Å². The Morgan fingerprint density at radius 2 is 1.63 bits per heavy atom. The Morgan fingerprint density at radius 3 is 2.37 bits per heavy atom. The number of likely N-dealkylation sites (N-methyl/N-ethyl adjacent to an activating group) is 1. The van der Waals surface area contributed by atoms with Crippen LogP contribution in [0.2, 0.25) is 0 Å². The van der Waals surface area contributed by atoms with Gasteiger partial charge in [-0.05, 0) is 29.8 Å². The molecular weight excluding hydrogens is 336 g/mol. The van der Waals surface area contributed by atoms with Crippen LogP contribution in [0.5, 0.6) is 5.75 Å². The normalized spacial score (nSPS) is 10.3. The smallest absolute Gasteiger partial charge is 0.243 e. The molecule has 27 heavy (non-hydrogen) atoms. The van der Waals surface area contributed by atoms with Gasteiger partial charge in [0.05, 0.1) is 13.2 Å². The van der Waals surface area contributed by atoms with Crippen LogP contribution in [-0.2, 0) is 11.2 Å². The van der Waals surface area contributed by atoms with E-state index in [0.29, 0.717) is 6.61 Å². The zero-order chi connectivity index (χ0) is 18.9. The number of anilines is 2. The van der Waals surface area contributed by atoms with Crippen molar-refractivity contribution in [2.75, 3.05) is 30.4 Å². The van der Waals surface area contributed by atoms with Crippen molar-refractivity contribution in [2.24, 2.45) is 0 Å². The first-order valence-electron chi connectivity index (χ1n) is 9.03. The number of nitrogens with zero attached hydrogens (tertiary/aromatic N) is 1. The quantitative estimate of drug-likeness (QED) is 0.648. The van der Waals surface area contributed by atoms with Gasteiger partial charge in [-0.1, -0.05) is 54.6 Å². The molecule has 3 aromatic rings. The van der Waals surface area contributed by atoms with Gasteiger partial charge in [0.25, 0.3) is 0 Å². The minimum atomic E-state index is -0.0669. The molecule has 0 unspecified atom stereocenters. The topological polar surface area (TPSA) is 41.6 Å². The van der Waals surface area contributed by atoms with Crippen LogP contribution in [0.4, 0.5) is 11.4 Å². The van der Waals surface area contributed by atoms with Crippen molar-refractivity contribution in [1.29, 1.82) is 0 Å². The molecule has 0 atom stereocenters. The van der Waals surface area contributed by atoms with Crippen LogP contribution < -0.4 is 15.0 Å². The highest BCUT2D eigenvalue weighted by atomic mass is 16.5. The fraction of sp³-hybridized carbons (Fsp3) is 0.174. The third kappa shape index (κ3) is 5.89. The average molecular weight is 360 g/mol. The number of ether oxygens (including phenoxy) is 1. The van der Waals surface area contributed by atoms with Crippen LogP contribution >= 0.6 is 0 Å². The predicted octanol–water partition coefficient (Wildman–Crippen LogP) is 4.38. The lowest BCUT2D eigenvalue weighted by molar-refractivity contribution is -0.114. The molecule has 0 spiro atoms. The van der Waals surface area contributed by atoms with E-state index in [4.69, 9.17) is 4.74 Å². The van der Waals surface area contributed by atoms with Gasteiger partial charge >= 0.3 is 0 Å². The molecule has 1 amide bonds. The molecule has 0 aliphatic carbocycles. The van der Waals surface area contributed by atoms with E-state index in [1.165, 1.54) is 5.56 Å². The van der Waals surface area contributed by atoms with Crippen molar-refractivity contribution < 1.29 is 9.53 Å². The van der Waals surface area contributed by atoms with Gasteiger partial charge in [0.1, 0.15) is 5.75 Å². The van der Waals surface area contributed by atoms with Crippen LogP contribution in [0.3, 0.4) is 0 Å². The molecule has 0 bridgehead atoms. The highest BCUT2D eigenvalue weighted by Crippen LogP contribution is 2.18. The van der Waals surface area contributed by atoms with Crippen molar-refractivity contribution >= 4 is 17.3 Å². The molecule has 3 rings (SSSR count). The zero-order valence-corrected chi connectivity index (χ0v) is 15.5. The average Bonchev–Trinajstić information content (AvgIpc) is 2.70. The Balaban J connectivity index is 1.50. The van der Waals surface area contributed by atoms with E-state index in [9.17, 15) is 4.79 Å². The highest BCUT2D eigenvalue weighted by molar-refractivity contribution is 5.94. The molecule has 0 fully saturated rings. The highest BCUT2D eigenvalue weighted by Gasteiger charge is 2.08. The third-order valence-electron chi connectivity index (χ3n) is 4.20. The maximum absolute atomic E-state index is 12.3. The van der Waals surface area contributed by atoms with E-state index in [0.717, 1.165) is 23.5 Å². The Labute approximate surface area is 160 Å². The fourth-order valence-corrected chi connectivity index (χ4v) is 2.78. The lowest BCUT2D eigenvalue weighted by atomic mass is 10.2. The van der Waals surface area contributed by atoms with E-state index < -0.39 is 0 Å². The summed E-state index contributed by atoms with van der Waals surface area (Å²) in [6, 6.07) is 27.6. The Hall–Kier alpha value is -3.27. The Morgan fingerprint density at radius 1 is 0.926 bits per heavy atom. The summed E-state index contributed by atoms with van der Waals surface area (Å²) in [4.78, 5) is 14.2. The summed E-state index contributed by atoms with van der Waals surface area (Å²) in [5.74, 6) is 0.683. The van der Waals surface area contributed by atoms with Gasteiger partial charge in [-0.15, -0.1) is 0 Å². The van der Waals surface area contributed by atoms with Crippen LogP contribution in [-0.4, -0.2) is 26.1 Å². The molecule has 0 heterocycles. The molecule has 1 N–H and O–H groups in total. The molecule has 138 valence electrons. The van der Waals surface area contributed by atoms with E-state index in [-0.39, 0.29) is 12.5 Å². The minimum absolute atomic E-state index is 0.0669. The number of carbonyl (C=O) groups excluding carboxylic acids is 1. The number of carbonyl (C=O) groups is 1. The number of rotatable bonds is 8. The van der Waals surface area contributed by atoms with Crippen molar-refractivity contribution in [3.63, 3.8) is 0 Å². The van der Waals surface area contributed by atoms with Gasteiger partial charge in [-0.25, -0.2) is 0 Å². The monoisotopic (exact) mass is 360 g/mol. The van der Waals surface area contributed by atoms with Crippen molar-refractivity contribution in [3.8, 4) is 5.75 Å². The summed E-state index contributed by atoms with van der Waals surface area (Å²) >= 11 is 0. The first-order valence-corrected chi connectivity index (χ1v) is 9.03. The van der Waals surface area contributed by atoms with Crippen molar-refractivity contribution in [1.82, 2.24) is 0 Å². The van der Waals surface area contributed by atoms with Crippen LogP contribution in [0.1, 0.15) is 5.56 Å². The Bertz CT molecular complexity index is 851. The molecule has 0 aliphatic rings. The largest absolute Gasteiger partial charge is 0.493 e. The molecule has 0 aromatic heterocycles. The molecule has 0 aliphatic heterocycles. The van der Waals surface area contributed by atoms with Gasteiger partial charge in [0.2, 0.25) is 5.91 Å². The molecule has 3 aromatic carbocycles. The Kier molecular flexibility index (Phi) is 6.47. The van der Waals surface area contributed by atoms with Crippen LogP contribution in [0.25, 0.3) is 0 Å². The van der Waals surface area contributed by atoms with Crippen LogP contribution in [0.15, 0.2) is 84.9 Å². The first-order chi connectivity index (χ1) is 13.2. The van der Waals surface area contributed by atoms with Gasteiger partial charge in [0.15, 0.2) is 0 Å². The molecule has 0 saturated carbocycles. The fourth-order valence-electron chi connectivity index (χ4n) is 2.78. The third-order valence-corrected chi connectivity index (χ3v) is 4.20. The van der Waals surface area contributed by atoms with Gasteiger partial charge in [-0.2, -0.15) is 0 Å². The lowest BCUT2D eigenvalue weighted by Crippen LogP contribution is -2.29. The number of benzene rings is 3. The zero-order valence-electron chi connectivity index (χ0n) is 15.5. The molecule has 4 heteroatoms. The van der Waals surface area contributed by atoms with E-state index in [1.807, 2.05) is 84.7 Å². The number of para-hydroxylation sites is 1.